The average Bonchev–Trinajstić information content (AvgIpc) is 3.52. The van der Waals surface area contributed by atoms with Crippen LogP contribution in [0.25, 0.3) is 11.0 Å². The summed E-state index contributed by atoms with van der Waals surface area (Å²) in [6, 6.07) is 14.5. The van der Waals surface area contributed by atoms with E-state index in [-0.39, 0.29) is 17.6 Å². The van der Waals surface area contributed by atoms with Crippen LogP contribution in [0.5, 0.6) is 0 Å². The molecule has 1 saturated carbocycles. The summed E-state index contributed by atoms with van der Waals surface area (Å²) >= 11 is 0. The quantitative estimate of drug-likeness (QED) is 0.320. The number of nitrogens with one attached hydrogen (secondary N) is 2. The fourth-order valence-electron chi connectivity index (χ4n) is 4.80. The van der Waals surface area contributed by atoms with Crippen molar-refractivity contribution in [2.45, 2.75) is 45.1 Å². The van der Waals surface area contributed by atoms with E-state index in [1.165, 1.54) is 6.33 Å². The summed E-state index contributed by atoms with van der Waals surface area (Å²) in [5.74, 6) is 0.103. The van der Waals surface area contributed by atoms with Gasteiger partial charge in [0, 0.05) is 29.2 Å². The van der Waals surface area contributed by atoms with Gasteiger partial charge < -0.3 is 20.9 Å². The van der Waals surface area contributed by atoms with Crippen molar-refractivity contribution >= 4 is 40.0 Å². The Bertz CT molecular complexity index is 1400. The predicted molar refractivity (Wildman–Crippen MR) is 138 cm³/mol. The number of carbonyl (C=O) groups excluding carboxylic acids is 2. The van der Waals surface area contributed by atoms with Gasteiger partial charge in [0.15, 0.2) is 5.78 Å². The van der Waals surface area contributed by atoms with Crippen LogP contribution in [-0.2, 0) is 6.42 Å². The highest BCUT2D eigenvalue weighted by atomic mass is 16.2. The molecule has 1 aliphatic rings. The number of aromatic nitrogens is 3. The van der Waals surface area contributed by atoms with Gasteiger partial charge in [-0.1, -0.05) is 44.0 Å². The van der Waals surface area contributed by atoms with Crippen LogP contribution in [0, 0.1) is 0 Å². The summed E-state index contributed by atoms with van der Waals surface area (Å²) in [5.41, 5.74) is 10.2. The number of benzene rings is 2. The highest BCUT2D eigenvalue weighted by Gasteiger charge is 2.25. The molecule has 2 heterocycles. The van der Waals surface area contributed by atoms with E-state index in [4.69, 9.17) is 5.73 Å². The first-order chi connectivity index (χ1) is 17.0. The lowest BCUT2D eigenvalue weighted by atomic mass is 10.0. The summed E-state index contributed by atoms with van der Waals surface area (Å²) in [4.78, 5) is 34.7. The minimum Gasteiger partial charge on any atom is -0.383 e. The Kier molecular flexibility index (Phi) is 6.18. The normalized spacial score (nSPS) is 13.7. The van der Waals surface area contributed by atoms with Crippen molar-refractivity contribution in [2.75, 3.05) is 16.4 Å². The molecule has 5 rings (SSSR count). The number of nitrogen functional groups attached to an aromatic ring is 1. The molecule has 4 N–H and O–H groups in total. The average molecular weight is 469 g/mol. The fraction of sp³-hybridized carbons (Fsp3) is 0.259. The van der Waals surface area contributed by atoms with Crippen molar-refractivity contribution in [1.29, 1.82) is 0 Å². The Balaban J connectivity index is 1.40. The molecule has 2 aromatic heterocycles. The molecule has 2 amide bonds. The summed E-state index contributed by atoms with van der Waals surface area (Å²) in [6.07, 6.45) is 8.61. The Labute approximate surface area is 203 Å². The summed E-state index contributed by atoms with van der Waals surface area (Å²) in [6.45, 7) is 2.06. The van der Waals surface area contributed by atoms with Crippen LogP contribution >= 0.6 is 0 Å². The molecule has 0 unspecified atom stereocenters. The van der Waals surface area contributed by atoms with Crippen molar-refractivity contribution in [3.05, 3.63) is 77.7 Å². The standard InChI is InChI=1S/C27H28N6O2/c1-2-17-7-5-9-19(13-17)31-27(35)32-20-10-6-8-18(14-20)24(34)22-15-33(21-11-3-4-12-21)26-23(22)25(28)29-16-30-26/h5-10,13-16,21H,2-4,11-12H2,1H3,(H2,28,29,30)(H2,31,32,35). The van der Waals surface area contributed by atoms with Crippen LogP contribution in [0.2, 0.25) is 0 Å². The molecule has 1 aliphatic carbocycles. The lowest BCUT2D eigenvalue weighted by molar-refractivity contribution is 0.104. The Morgan fingerprint density at radius 1 is 1.03 bits per heavy atom. The summed E-state index contributed by atoms with van der Waals surface area (Å²) in [5, 5.41) is 6.24. The SMILES string of the molecule is CCc1cccc(NC(=O)Nc2cccc(C(=O)c3cn(C4CCCC4)c4ncnc(N)c34)c2)c1. The van der Waals surface area contributed by atoms with Crippen molar-refractivity contribution in [3.63, 3.8) is 0 Å². The van der Waals surface area contributed by atoms with Gasteiger partial charge in [-0.2, -0.15) is 0 Å². The van der Waals surface area contributed by atoms with Gasteiger partial charge in [-0.05, 0) is 49.1 Å². The zero-order valence-electron chi connectivity index (χ0n) is 19.6. The Morgan fingerprint density at radius 3 is 2.49 bits per heavy atom. The minimum absolute atomic E-state index is 0.187. The van der Waals surface area contributed by atoms with E-state index < -0.39 is 0 Å². The molecule has 0 atom stereocenters. The zero-order chi connectivity index (χ0) is 24.4. The topological polar surface area (TPSA) is 115 Å². The molecule has 0 spiro atoms. The molecular weight excluding hydrogens is 440 g/mol. The van der Waals surface area contributed by atoms with Crippen LogP contribution < -0.4 is 16.4 Å². The number of nitrogens with two attached hydrogens (primary N) is 1. The number of hydrogen-bond donors (Lipinski definition) is 3. The van der Waals surface area contributed by atoms with Crippen LogP contribution in [0.1, 0.15) is 60.1 Å². The van der Waals surface area contributed by atoms with E-state index in [9.17, 15) is 9.59 Å². The first-order valence-electron chi connectivity index (χ1n) is 12.0. The minimum atomic E-state index is -0.377. The lowest BCUT2D eigenvalue weighted by Crippen LogP contribution is -2.19. The van der Waals surface area contributed by atoms with E-state index in [1.807, 2.05) is 30.5 Å². The molecular formula is C27H28N6O2. The second-order valence-corrected chi connectivity index (χ2v) is 8.89. The maximum atomic E-state index is 13.6. The molecule has 0 bridgehead atoms. The molecule has 2 aromatic carbocycles. The van der Waals surface area contributed by atoms with E-state index in [0.717, 1.165) is 37.7 Å². The van der Waals surface area contributed by atoms with E-state index in [1.54, 1.807) is 24.3 Å². The maximum absolute atomic E-state index is 13.6. The first-order valence-corrected chi connectivity index (χ1v) is 12.0. The molecule has 0 aliphatic heterocycles. The van der Waals surface area contributed by atoms with Crippen molar-refractivity contribution in [2.24, 2.45) is 0 Å². The number of urea groups is 1. The van der Waals surface area contributed by atoms with Gasteiger partial charge in [-0.25, -0.2) is 14.8 Å². The molecule has 0 saturated heterocycles. The number of fused-ring (bicyclic) bond motifs is 1. The number of nitrogens with zero attached hydrogens (tertiary/aromatic N) is 3. The highest BCUT2D eigenvalue weighted by Crippen LogP contribution is 2.35. The van der Waals surface area contributed by atoms with Crippen molar-refractivity contribution in [3.8, 4) is 0 Å². The largest absolute Gasteiger partial charge is 0.383 e. The number of amides is 2. The number of aryl methyl sites for hydroxylation is 1. The summed E-state index contributed by atoms with van der Waals surface area (Å²) < 4.78 is 2.08. The van der Waals surface area contributed by atoms with E-state index >= 15 is 0 Å². The van der Waals surface area contributed by atoms with Gasteiger partial charge >= 0.3 is 6.03 Å². The third-order valence-electron chi connectivity index (χ3n) is 6.58. The molecule has 1 fully saturated rings. The predicted octanol–water partition coefficient (Wildman–Crippen LogP) is 5.57. The fourth-order valence-corrected chi connectivity index (χ4v) is 4.80. The maximum Gasteiger partial charge on any atom is 0.323 e. The first kappa shape index (κ1) is 22.6. The van der Waals surface area contributed by atoms with Gasteiger partial charge in [-0.15, -0.1) is 0 Å². The zero-order valence-corrected chi connectivity index (χ0v) is 19.6. The second kappa shape index (κ2) is 9.58. The Hall–Kier alpha value is -4.20. The van der Waals surface area contributed by atoms with Gasteiger partial charge in [0.05, 0.1) is 10.9 Å². The van der Waals surface area contributed by atoms with Crippen molar-refractivity contribution < 1.29 is 9.59 Å². The molecule has 8 nitrogen and oxygen atoms in total. The number of anilines is 3. The third-order valence-corrected chi connectivity index (χ3v) is 6.58. The number of rotatable bonds is 6. The monoisotopic (exact) mass is 468 g/mol. The molecule has 0 radical (unpaired) electrons. The number of hydrogen-bond acceptors (Lipinski definition) is 5. The number of ketones is 1. The molecule has 4 aromatic rings. The van der Waals surface area contributed by atoms with E-state index in [0.29, 0.717) is 39.6 Å². The third kappa shape index (κ3) is 4.59. The van der Waals surface area contributed by atoms with Gasteiger partial charge in [0.25, 0.3) is 0 Å². The Morgan fingerprint density at radius 2 is 1.74 bits per heavy atom. The highest BCUT2D eigenvalue weighted by molar-refractivity contribution is 6.18. The molecule has 178 valence electrons. The molecule has 35 heavy (non-hydrogen) atoms. The van der Waals surface area contributed by atoms with Crippen molar-refractivity contribution in [1.82, 2.24) is 14.5 Å². The van der Waals surface area contributed by atoms with Crippen LogP contribution in [-0.4, -0.2) is 26.3 Å². The summed E-state index contributed by atoms with van der Waals surface area (Å²) in [7, 11) is 0. The second-order valence-electron chi connectivity index (χ2n) is 8.89. The smallest absolute Gasteiger partial charge is 0.323 e. The lowest BCUT2D eigenvalue weighted by Gasteiger charge is -2.12. The van der Waals surface area contributed by atoms with E-state index in [2.05, 4.69) is 32.1 Å². The van der Waals surface area contributed by atoms with Crippen LogP contribution in [0.4, 0.5) is 22.0 Å². The molecule has 8 heteroatoms. The van der Waals surface area contributed by atoms with Gasteiger partial charge in [0.2, 0.25) is 0 Å². The van der Waals surface area contributed by atoms with Crippen LogP contribution in [0.3, 0.4) is 0 Å². The van der Waals surface area contributed by atoms with Gasteiger partial charge in [0.1, 0.15) is 17.8 Å². The van der Waals surface area contributed by atoms with Gasteiger partial charge in [-0.3, -0.25) is 4.79 Å². The van der Waals surface area contributed by atoms with Crippen LogP contribution in [0.15, 0.2) is 61.1 Å². The number of carbonyl (C=O) groups is 2.